The van der Waals surface area contributed by atoms with Crippen molar-refractivity contribution in [2.24, 2.45) is 11.8 Å². The van der Waals surface area contributed by atoms with Gasteiger partial charge in [0.05, 0.1) is 18.7 Å². The van der Waals surface area contributed by atoms with Gasteiger partial charge in [-0.05, 0) is 75.4 Å². The number of anilines is 1. The Balaban J connectivity index is 1.47. The van der Waals surface area contributed by atoms with Crippen molar-refractivity contribution in [2.45, 2.75) is 46.1 Å². The van der Waals surface area contributed by atoms with E-state index < -0.39 is 17.6 Å². The lowest BCUT2D eigenvalue weighted by molar-refractivity contribution is -0.136. The molecule has 4 rings (SSSR count). The average Bonchev–Trinajstić information content (AvgIpc) is 2.94. The first-order valence-corrected chi connectivity index (χ1v) is 13.7. The van der Waals surface area contributed by atoms with Crippen LogP contribution in [0.4, 0.5) is 10.1 Å². The molecule has 2 amide bonds. The molecule has 1 saturated heterocycles. The van der Waals surface area contributed by atoms with Crippen LogP contribution >= 0.6 is 0 Å². The Bertz CT molecular complexity index is 1340. The number of aromatic nitrogens is 1. The topological polar surface area (TPSA) is 111 Å². The van der Waals surface area contributed by atoms with Crippen LogP contribution in [0.3, 0.4) is 0 Å². The second kappa shape index (κ2) is 13.4. The number of hydrogen-bond donors (Lipinski definition) is 3. The molecule has 10 heteroatoms. The Morgan fingerprint density at radius 1 is 1.02 bits per heavy atom. The van der Waals surface area contributed by atoms with Crippen LogP contribution in [0, 0.1) is 17.7 Å². The first-order valence-electron chi connectivity index (χ1n) is 13.7. The van der Waals surface area contributed by atoms with Crippen LogP contribution in [0.5, 0.6) is 23.0 Å². The highest BCUT2D eigenvalue weighted by molar-refractivity contribution is 6.39. The van der Waals surface area contributed by atoms with Crippen molar-refractivity contribution in [3.8, 4) is 23.0 Å². The second-order valence-corrected chi connectivity index (χ2v) is 10.4. The van der Waals surface area contributed by atoms with Crippen LogP contribution in [0.1, 0.15) is 40.0 Å². The molecule has 214 valence electrons. The molecule has 1 unspecified atom stereocenters. The molecule has 0 saturated carbocycles. The van der Waals surface area contributed by atoms with Crippen LogP contribution in [0.25, 0.3) is 10.9 Å². The number of nitrogens with zero attached hydrogens (tertiary/aromatic N) is 1. The summed E-state index contributed by atoms with van der Waals surface area (Å²) in [4.78, 5) is 28.6. The molecule has 1 atom stereocenters. The minimum atomic E-state index is -0.864. The van der Waals surface area contributed by atoms with Gasteiger partial charge in [0.2, 0.25) is 0 Å². The number of pyridine rings is 1. The van der Waals surface area contributed by atoms with E-state index in [0.717, 1.165) is 38.4 Å². The van der Waals surface area contributed by atoms with Crippen LogP contribution in [0.2, 0.25) is 0 Å². The molecule has 0 aliphatic carbocycles. The van der Waals surface area contributed by atoms with Crippen molar-refractivity contribution in [1.82, 2.24) is 15.6 Å². The molecule has 3 N–H and O–H groups in total. The highest BCUT2D eigenvalue weighted by Gasteiger charge is 2.23. The Morgan fingerprint density at radius 3 is 2.50 bits per heavy atom. The largest absolute Gasteiger partial charge is 0.493 e. The number of amides is 2. The smallest absolute Gasteiger partial charge is 0.313 e. The minimum Gasteiger partial charge on any atom is -0.493 e. The van der Waals surface area contributed by atoms with Gasteiger partial charge >= 0.3 is 11.8 Å². The maximum absolute atomic E-state index is 15.0. The second-order valence-electron chi connectivity index (χ2n) is 10.4. The Kier molecular flexibility index (Phi) is 9.76. The SMILES string of the molecule is COc1cc2c(Oc3ccc(NC(=O)C(=O)NCCC(C)C)cc3F)ccnc2cc1OC(C)C1CCNCC1. The van der Waals surface area contributed by atoms with Gasteiger partial charge in [0.15, 0.2) is 23.1 Å². The number of methoxy groups -OCH3 is 1. The summed E-state index contributed by atoms with van der Waals surface area (Å²) in [7, 11) is 1.57. The average molecular weight is 553 g/mol. The molecule has 9 nitrogen and oxygen atoms in total. The number of carbonyl (C=O) groups excluding carboxylic acids is 2. The molecular weight excluding hydrogens is 515 g/mol. The van der Waals surface area contributed by atoms with Crippen molar-refractivity contribution < 1.29 is 28.2 Å². The zero-order valence-corrected chi connectivity index (χ0v) is 23.4. The van der Waals surface area contributed by atoms with Gasteiger partial charge < -0.3 is 30.2 Å². The lowest BCUT2D eigenvalue weighted by Crippen LogP contribution is -2.36. The molecular formula is C30H37FN4O5. The van der Waals surface area contributed by atoms with Crippen LogP contribution in [-0.4, -0.2) is 49.6 Å². The molecule has 2 heterocycles. The minimum absolute atomic E-state index is 0.00657. The molecule has 0 bridgehead atoms. The Hall–Kier alpha value is -3.92. The predicted octanol–water partition coefficient (Wildman–Crippen LogP) is 5.04. The quantitative estimate of drug-likeness (QED) is 0.302. The lowest BCUT2D eigenvalue weighted by atomic mass is 9.93. The first kappa shape index (κ1) is 29.1. The number of halogens is 1. The van der Waals surface area contributed by atoms with Crippen molar-refractivity contribution >= 4 is 28.4 Å². The summed E-state index contributed by atoms with van der Waals surface area (Å²) in [5.41, 5.74) is 0.748. The summed E-state index contributed by atoms with van der Waals surface area (Å²) >= 11 is 0. The number of carbonyl (C=O) groups is 2. The third kappa shape index (κ3) is 7.38. The van der Waals surface area contributed by atoms with E-state index in [0.29, 0.717) is 46.5 Å². The van der Waals surface area contributed by atoms with E-state index in [1.54, 1.807) is 31.5 Å². The first-order chi connectivity index (χ1) is 19.2. The number of ether oxygens (including phenoxy) is 3. The highest BCUT2D eigenvalue weighted by atomic mass is 19.1. The van der Waals surface area contributed by atoms with Gasteiger partial charge in [-0.2, -0.15) is 0 Å². The number of benzene rings is 2. The molecule has 1 aromatic heterocycles. The molecule has 1 aliphatic rings. The summed E-state index contributed by atoms with van der Waals surface area (Å²) in [5, 5.41) is 8.96. The summed E-state index contributed by atoms with van der Waals surface area (Å²) < 4.78 is 32.8. The van der Waals surface area contributed by atoms with Gasteiger partial charge in [-0.25, -0.2) is 4.39 Å². The molecule has 2 aromatic carbocycles. The number of fused-ring (bicyclic) bond motifs is 1. The molecule has 40 heavy (non-hydrogen) atoms. The molecule has 1 aliphatic heterocycles. The zero-order valence-electron chi connectivity index (χ0n) is 23.4. The van der Waals surface area contributed by atoms with E-state index >= 15 is 0 Å². The number of piperidine rings is 1. The van der Waals surface area contributed by atoms with Crippen molar-refractivity contribution in [3.63, 3.8) is 0 Å². The fraction of sp³-hybridized carbons (Fsp3) is 0.433. The summed E-state index contributed by atoms with van der Waals surface area (Å²) in [5.74, 6) is -0.0609. The third-order valence-corrected chi connectivity index (χ3v) is 6.97. The van der Waals surface area contributed by atoms with E-state index in [1.807, 2.05) is 13.8 Å². The lowest BCUT2D eigenvalue weighted by Gasteiger charge is -2.29. The molecule has 3 aromatic rings. The van der Waals surface area contributed by atoms with Gasteiger partial charge in [-0.15, -0.1) is 0 Å². The number of nitrogens with one attached hydrogen (secondary N) is 3. The maximum Gasteiger partial charge on any atom is 0.313 e. The molecule has 1 fully saturated rings. The van der Waals surface area contributed by atoms with E-state index in [2.05, 4.69) is 27.9 Å². The van der Waals surface area contributed by atoms with E-state index in [4.69, 9.17) is 14.2 Å². The van der Waals surface area contributed by atoms with Crippen molar-refractivity contribution in [1.29, 1.82) is 0 Å². The highest BCUT2D eigenvalue weighted by Crippen LogP contribution is 2.39. The van der Waals surface area contributed by atoms with E-state index in [9.17, 15) is 14.0 Å². The van der Waals surface area contributed by atoms with Gasteiger partial charge in [0.25, 0.3) is 0 Å². The van der Waals surface area contributed by atoms with Gasteiger partial charge in [-0.3, -0.25) is 14.6 Å². The monoisotopic (exact) mass is 552 g/mol. The fourth-order valence-corrected chi connectivity index (χ4v) is 4.60. The van der Waals surface area contributed by atoms with E-state index in [1.165, 1.54) is 12.1 Å². The summed E-state index contributed by atoms with van der Waals surface area (Å²) in [6, 6.07) is 9.18. The van der Waals surface area contributed by atoms with Crippen LogP contribution in [-0.2, 0) is 9.59 Å². The Labute approximate surface area is 233 Å². The molecule has 0 radical (unpaired) electrons. The zero-order chi connectivity index (χ0) is 28.6. The number of hydrogen-bond acceptors (Lipinski definition) is 7. The summed E-state index contributed by atoms with van der Waals surface area (Å²) in [6.45, 7) is 8.46. The van der Waals surface area contributed by atoms with Crippen LogP contribution in [0.15, 0.2) is 42.6 Å². The fourth-order valence-electron chi connectivity index (χ4n) is 4.60. The van der Waals surface area contributed by atoms with Crippen molar-refractivity contribution in [3.05, 3.63) is 48.4 Å². The number of rotatable bonds is 10. The maximum atomic E-state index is 15.0. The summed E-state index contributed by atoms with van der Waals surface area (Å²) in [6.07, 6.45) is 4.43. The van der Waals surface area contributed by atoms with Crippen LogP contribution < -0.4 is 30.2 Å². The normalized spacial score (nSPS) is 14.6. The van der Waals surface area contributed by atoms with E-state index in [-0.39, 0.29) is 17.5 Å². The van der Waals surface area contributed by atoms with Gasteiger partial charge in [-0.1, -0.05) is 13.8 Å². The third-order valence-electron chi connectivity index (χ3n) is 6.97. The standard InChI is InChI=1S/C30H37FN4O5/c1-18(2)7-13-34-29(36)30(37)35-21-5-6-26(23(31)15-21)40-25-10-14-33-24-17-28(27(38-4)16-22(24)25)39-19(3)20-8-11-32-12-9-20/h5-6,10,14-20,32H,7-9,11-13H2,1-4H3,(H,34,36)(H,35,37). The van der Waals surface area contributed by atoms with Gasteiger partial charge in [0.1, 0.15) is 5.75 Å². The molecule has 0 spiro atoms. The van der Waals surface area contributed by atoms with Gasteiger partial charge in [0, 0.05) is 35.9 Å². The van der Waals surface area contributed by atoms with Crippen molar-refractivity contribution in [2.75, 3.05) is 32.1 Å². The Morgan fingerprint density at radius 2 is 1.80 bits per heavy atom. The predicted molar refractivity (Wildman–Crippen MR) is 152 cm³/mol.